The minimum atomic E-state index is -0.624. The molecule has 104 valence electrons. The van der Waals surface area contributed by atoms with E-state index in [1.165, 1.54) is 13.2 Å². The van der Waals surface area contributed by atoms with Gasteiger partial charge >= 0.3 is 0 Å². The van der Waals surface area contributed by atoms with Crippen LogP contribution in [0.25, 0.3) is 0 Å². The van der Waals surface area contributed by atoms with Gasteiger partial charge < -0.3 is 21.1 Å². The molecule has 1 saturated heterocycles. The van der Waals surface area contributed by atoms with Crippen molar-refractivity contribution in [3.63, 3.8) is 0 Å². The number of carbonyl (C=O) groups is 1. The monoisotopic (exact) mass is 267 g/mol. The van der Waals surface area contributed by atoms with E-state index < -0.39 is 11.2 Å². The molecule has 1 heterocycles. The van der Waals surface area contributed by atoms with Crippen LogP contribution in [0.2, 0.25) is 0 Å². The number of nitrogen functional groups attached to an aromatic ring is 1. The normalized spacial score (nSPS) is 22.6. The Morgan fingerprint density at radius 1 is 1.53 bits per heavy atom. The highest BCUT2D eigenvalue weighted by Crippen LogP contribution is 2.37. The number of methoxy groups -OCH3 is 1. The molecule has 5 nitrogen and oxygen atoms in total. The van der Waals surface area contributed by atoms with Gasteiger partial charge in [-0.3, -0.25) is 4.79 Å². The molecular weight excluding hydrogens is 249 g/mol. The van der Waals surface area contributed by atoms with Gasteiger partial charge in [-0.15, -0.1) is 0 Å². The molecule has 19 heavy (non-hydrogen) atoms. The van der Waals surface area contributed by atoms with Crippen molar-refractivity contribution in [3.8, 4) is 5.75 Å². The van der Waals surface area contributed by atoms with Gasteiger partial charge in [0, 0.05) is 25.2 Å². The van der Waals surface area contributed by atoms with Crippen LogP contribution < -0.4 is 21.1 Å². The van der Waals surface area contributed by atoms with Gasteiger partial charge in [-0.05, 0) is 13.3 Å². The Kier molecular flexibility index (Phi) is 3.26. The van der Waals surface area contributed by atoms with Crippen LogP contribution >= 0.6 is 0 Å². The molecule has 1 aliphatic rings. The predicted octanol–water partition coefficient (Wildman–Crippen LogP) is 1.12. The van der Waals surface area contributed by atoms with Crippen molar-refractivity contribution < 1.29 is 13.9 Å². The Hall–Kier alpha value is -1.98. The molecule has 0 aliphatic carbocycles. The van der Waals surface area contributed by atoms with E-state index >= 15 is 0 Å². The summed E-state index contributed by atoms with van der Waals surface area (Å²) in [4.78, 5) is 13.2. The maximum absolute atomic E-state index is 14.0. The van der Waals surface area contributed by atoms with Gasteiger partial charge in [0.2, 0.25) is 5.91 Å². The maximum atomic E-state index is 14.0. The zero-order valence-corrected chi connectivity index (χ0v) is 11.1. The first-order chi connectivity index (χ1) is 8.87. The van der Waals surface area contributed by atoms with Crippen LogP contribution in [0.4, 0.5) is 15.8 Å². The summed E-state index contributed by atoms with van der Waals surface area (Å²) in [5, 5.41) is 0. The van der Waals surface area contributed by atoms with Gasteiger partial charge in [-0.25, -0.2) is 4.39 Å². The van der Waals surface area contributed by atoms with Gasteiger partial charge in [0.15, 0.2) is 0 Å². The van der Waals surface area contributed by atoms with Crippen molar-refractivity contribution in [1.29, 1.82) is 0 Å². The number of hydrogen-bond donors (Lipinski definition) is 2. The zero-order valence-electron chi connectivity index (χ0n) is 11.1. The molecule has 1 unspecified atom stereocenters. The second-order valence-electron chi connectivity index (χ2n) is 5.14. The summed E-state index contributed by atoms with van der Waals surface area (Å²) < 4.78 is 19.1. The molecule has 6 heteroatoms. The van der Waals surface area contributed by atoms with Crippen molar-refractivity contribution in [3.05, 3.63) is 17.9 Å². The molecule has 2 rings (SSSR count). The van der Waals surface area contributed by atoms with Crippen LogP contribution in [-0.4, -0.2) is 26.1 Å². The molecule has 1 aromatic rings. The number of nitrogens with zero attached hydrogens (tertiary/aromatic N) is 1. The molecule has 0 bridgehead atoms. The summed E-state index contributed by atoms with van der Waals surface area (Å²) >= 11 is 0. The first-order valence-electron chi connectivity index (χ1n) is 6.05. The minimum Gasteiger partial charge on any atom is -0.495 e. The highest BCUT2D eigenvalue weighted by atomic mass is 19.1. The Morgan fingerprint density at radius 3 is 2.74 bits per heavy atom. The number of halogens is 1. The van der Waals surface area contributed by atoms with E-state index in [0.717, 1.165) is 0 Å². The van der Waals surface area contributed by atoms with Gasteiger partial charge in [0.1, 0.15) is 11.6 Å². The molecule has 1 atom stereocenters. The SMILES string of the molecule is COc1cc(N2CCC(C)(C(N)=O)C2)c(F)cc1N. The Labute approximate surface area is 111 Å². The van der Waals surface area contributed by atoms with Crippen LogP contribution in [0.3, 0.4) is 0 Å². The molecule has 0 spiro atoms. The third-order valence-electron chi connectivity index (χ3n) is 3.71. The summed E-state index contributed by atoms with van der Waals surface area (Å²) in [5.74, 6) is -0.367. The smallest absolute Gasteiger partial charge is 0.225 e. The minimum absolute atomic E-state index is 0.251. The molecule has 0 aromatic heterocycles. The largest absolute Gasteiger partial charge is 0.495 e. The average Bonchev–Trinajstić information content (AvgIpc) is 2.73. The highest BCUT2D eigenvalue weighted by Gasteiger charge is 2.39. The zero-order chi connectivity index (χ0) is 14.2. The fraction of sp³-hybridized carbons (Fsp3) is 0.462. The van der Waals surface area contributed by atoms with Crippen LogP contribution in [0.1, 0.15) is 13.3 Å². The van der Waals surface area contributed by atoms with Gasteiger partial charge in [-0.1, -0.05) is 0 Å². The third kappa shape index (κ3) is 2.30. The van der Waals surface area contributed by atoms with E-state index in [2.05, 4.69) is 0 Å². The van der Waals surface area contributed by atoms with Crippen LogP contribution in [0.15, 0.2) is 12.1 Å². The lowest BCUT2D eigenvalue weighted by atomic mass is 9.89. The van der Waals surface area contributed by atoms with Crippen molar-refractivity contribution in [2.45, 2.75) is 13.3 Å². The molecule has 0 saturated carbocycles. The molecule has 1 aromatic carbocycles. The first-order valence-corrected chi connectivity index (χ1v) is 6.05. The molecule has 1 fully saturated rings. The molecular formula is C13H18FN3O2. The first kappa shape index (κ1) is 13.5. The number of primary amides is 1. The van der Waals surface area contributed by atoms with Crippen molar-refractivity contribution in [2.75, 3.05) is 30.8 Å². The Bertz CT molecular complexity index is 521. The van der Waals surface area contributed by atoms with E-state index in [1.807, 2.05) is 0 Å². The molecule has 0 radical (unpaired) electrons. The number of ether oxygens (including phenoxy) is 1. The van der Waals surface area contributed by atoms with Crippen LogP contribution in [0, 0.1) is 11.2 Å². The van der Waals surface area contributed by atoms with Gasteiger partial charge in [0.25, 0.3) is 0 Å². The lowest BCUT2D eigenvalue weighted by Gasteiger charge is -2.23. The lowest BCUT2D eigenvalue weighted by Crippen LogP contribution is -2.37. The fourth-order valence-electron chi connectivity index (χ4n) is 2.34. The summed E-state index contributed by atoms with van der Waals surface area (Å²) in [6, 6.07) is 2.78. The standard InChI is InChI=1S/C13H18FN3O2/c1-13(12(16)18)3-4-17(7-13)10-6-11(19-2)9(15)5-8(10)14/h5-6H,3-4,7,15H2,1-2H3,(H2,16,18). The second-order valence-corrected chi connectivity index (χ2v) is 5.14. The Morgan fingerprint density at radius 2 is 2.21 bits per heavy atom. The van der Waals surface area contributed by atoms with Crippen molar-refractivity contribution >= 4 is 17.3 Å². The number of amides is 1. The van der Waals surface area contributed by atoms with E-state index in [4.69, 9.17) is 16.2 Å². The Balaban J connectivity index is 2.32. The quantitative estimate of drug-likeness (QED) is 0.804. The summed E-state index contributed by atoms with van der Waals surface area (Å²) in [6.45, 7) is 2.76. The van der Waals surface area contributed by atoms with Gasteiger partial charge in [-0.2, -0.15) is 0 Å². The number of hydrogen-bond acceptors (Lipinski definition) is 4. The van der Waals surface area contributed by atoms with E-state index in [1.54, 1.807) is 17.9 Å². The number of anilines is 2. The average molecular weight is 267 g/mol. The number of nitrogens with two attached hydrogens (primary N) is 2. The molecule has 4 N–H and O–H groups in total. The lowest BCUT2D eigenvalue weighted by molar-refractivity contribution is -0.125. The van der Waals surface area contributed by atoms with Crippen LogP contribution in [0.5, 0.6) is 5.75 Å². The fourth-order valence-corrected chi connectivity index (χ4v) is 2.34. The summed E-state index contributed by atoms with van der Waals surface area (Å²) in [6.07, 6.45) is 0.606. The summed E-state index contributed by atoms with van der Waals surface area (Å²) in [5.41, 5.74) is 11.0. The maximum Gasteiger partial charge on any atom is 0.225 e. The number of rotatable bonds is 3. The van der Waals surface area contributed by atoms with Gasteiger partial charge in [0.05, 0.1) is 23.9 Å². The number of carbonyl (C=O) groups excluding carboxylic acids is 1. The van der Waals surface area contributed by atoms with Crippen molar-refractivity contribution in [2.24, 2.45) is 11.1 Å². The highest BCUT2D eigenvalue weighted by molar-refractivity contribution is 5.82. The third-order valence-corrected chi connectivity index (χ3v) is 3.71. The predicted molar refractivity (Wildman–Crippen MR) is 71.5 cm³/mol. The van der Waals surface area contributed by atoms with E-state index in [-0.39, 0.29) is 11.6 Å². The van der Waals surface area contributed by atoms with E-state index in [9.17, 15) is 9.18 Å². The van der Waals surface area contributed by atoms with Crippen LogP contribution in [-0.2, 0) is 4.79 Å². The number of benzene rings is 1. The topological polar surface area (TPSA) is 81.6 Å². The molecule has 1 aliphatic heterocycles. The summed E-state index contributed by atoms with van der Waals surface area (Å²) in [7, 11) is 1.48. The second kappa shape index (κ2) is 4.60. The molecule has 1 amide bonds. The van der Waals surface area contributed by atoms with Crippen molar-refractivity contribution in [1.82, 2.24) is 0 Å². The van der Waals surface area contributed by atoms with E-state index in [0.29, 0.717) is 30.9 Å².